The maximum absolute atomic E-state index is 13.7. The van der Waals surface area contributed by atoms with Crippen LogP contribution in [0.2, 0.25) is 5.02 Å². The van der Waals surface area contributed by atoms with Gasteiger partial charge in [-0.1, -0.05) is 51.4 Å². The largest absolute Gasteiger partial charge is 0.493 e. The molecule has 0 bridgehead atoms. The van der Waals surface area contributed by atoms with E-state index in [4.69, 9.17) is 21.1 Å². The number of anilines is 1. The number of allylic oxidation sites excluding steroid dienone is 4. The highest BCUT2D eigenvalue weighted by Gasteiger charge is 2.46. The molecule has 2 aromatic carbocycles. The molecule has 216 valence electrons. The SMILES string of the molecule is COc1cc(C2C3=C(CC(C)(C)CC3=O)NC3=C2C(=O)CC(C)(C)C3)cc(I)c1OCC(=O)Nc1ccccc1Cl. The Bertz CT molecular complexity index is 1470. The van der Waals surface area contributed by atoms with Crippen LogP contribution in [-0.4, -0.2) is 31.2 Å². The summed E-state index contributed by atoms with van der Waals surface area (Å²) in [5, 5.41) is 6.73. The van der Waals surface area contributed by atoms with E-state index in [0.29, 0.717) is 49.8 Å². The van der Waals surface area contributed by atoms with Gasteiger partial charge in [-0.05, 0) is 76.1 Å². The number of halogens is 2. The van der Waals surface area contributed by atoms with Crippen molar-refractivity contribution in [2.45, 2.75) is 59.3 Å². The van der Waals surface area contributed by atoms with Gasteiger partial charge in [0.2, 0.25) is 0 Å². The molecular formula is C32H34ClIN2O5. The summed E-state index contributed by atoms with van der Waals surface area (Å²) in [4.78, 5) is 39.9. The molecule has 5 rings (SSSR count). The van der Waals surface area contributed by atoms with Crippen LogP contribution in [-0.2, 0) is 14.4 Å². The molecule has 41 heavy (non-hydrogen) atoms. The van der Waals surface area contributed by atoms with E-state index < -0.39 is 5.92 Å². The third kappa shape index (κ3) is 6.04. The summed E-state index contributed by atoms with van der Waals surface area (Å²) in [6, 6.07) is 10.7. The number of para-hydroxylation sites is 1. The van der Waals surface area contributed by atoms with Gasteiger partial charge >= 0.3 is 0 Å². The molecule has 1 amide bonds. The van der Waals surface area contributed by atoms with Crippen molar-refractivity contribution >= 4 is 57.4 Å². The van der Waals surface area contributed by atoms with Crippen LogP contribution in [0.25, 0.3) is 0 Å². The fourth-order valence-corrected chi connectivity index (χ4v) is 7.12. The minimum atomic E-state index is -0.492. The van der Waals surface area contributed by atoms with E-state index in [-0.39, 0.29) is 34.9 Å². The van der Waals surface area contributed by atoms with E-state index in [1.165, 1.54) is 7.11 Å². The summed E-state index contributed by atoms with van der Waals surface area (Å²) in [6.07, 6.45) is 2.29. The number of Topliss-reactive ketones (excluding diaryl/α,β-unsaturated/α-hetero) is 2. The summed E-state index contributed by atoms with van der Waals surface area (Å²) >= 11 is 8.31. The average molecular weight is 689 g/mol. The smallest absolute Gasteiger partial charge is 0.262 e. The van der Waals surface area contributed by atoms with Crippen molar-refractivity contribution in [1.82, 2.24) is 5.32 Å². The number of ether oxygens (including phenoxy) is 2. The molecule has 1 heterocycles. The first-order valence-electron chi connectivity index (χ1n) is 13.6. The summed E-state index contributed by atoms with van der Waals surface area (Å²) < 4.78 is 12.4. The van der Waals surface area contributed by atoms with E-state index in [2.05, 4.69) is 60.9 Å². The third-order valence-corrected chi connectivity index (χ3v) is 8.93. The summed E-state index contributed by atoms with van der Waals surface area (Å²) in [5.74, 6) is 0.0948. The first kappa shape index (κ1) is 29.6. The predicted octanol–water partition coefficient (Wildman–Crippen LogP) is 6.94. The highest BCUT2D eigenvalue weighted by molar-refractivity contribution is 14.1. The molecule has 1 aliphatic heterocycles. The zero-order valence-electron chi connectivity index (χ0n) is 23.9. The Morgan fingerprint density at radius 3 is 2.15 bits per heavy atom. The van der Waals surface area contributed by atoms with Gasteiger partial charge in [0.1, 0.15) is 0 Å². The van der Waals surface area contributed by atoms with Crippen molar-refractivity contribution in [3.63, 3.8) is 0 Å². The number of hydrogen-bond donors (Lipinski definition) is 2. The fraction of sp³-hybridized carbons (Fsp3) is 0.406. The lowest BCUT2D eigenvalue weighted by atomic mass is 9.64. The molecular weight excluding hydrogens is 655 g/mol. The molecule has 2 aromatic rings. The van der Waals surface area contributed by atoms with Crippen LogP contribution in [0.5, 0.6) is 11.5 Å². The van der Waals surface area contributed by atoms with Gasteiger partial charge in [-0.2, -0.15) is 0 Å². The Hall–Kier alpha value is -2.85. The molecule has 0 fully saturated rings. The molecule has 2 aliphatic carbocycles. The Morgan fingerprint density at radius 2 is 1.59 bits per heavy atom. The van der Waals surface area contributed by atoms with Crippen molar-refractivity contribution in [3.05, 3.63) is 73.1 Å². The zero-order chi connectivity index (χ0) is 29.7. The molecule has 9 heteroatoms. The summed E-state index contributed by atoms with van der Waals surface area (Å²) in [6.45, 7) is 8.16. The highest BCUT2D eigenvalue weighted by Crippen LogP contribution is 2.52. The van der Waals surface area contributed by atoms with E-state index in [1.54, 1.807) is 24.3 Å². The zero-order valence-corrected chi connectivity index (χ0v) is 26.8. The number of hydrogen-bond acceptors (Lipinski definition) is 6. The number of nitrogens with one attached hydrogen (secondary N) is 2. The molecule has 0 saturated heterocycles. The van der Waals surface area contributed by atoms with Crippen LogP contribution in [0.3, 0.4) is 0 Å². The number of methoxy groups -OCH3 is 1. The second kappa shape index (κ2) is 11.1. The first-order chi connectivity index (χ1) is 19.3. The molecule has 2 N–H and O–H groups in total. The van der Waals surface area contributed by atoms with E-state index in [1.807, 2.05) is 12.1 Å². The summed E-state index contributed by atoms with van der Waals surface area (Å²) in [7, 11) is 1.53. The lowest BCUT2D eigenvalue weighted by Gasteiger charge is -2.44. The Labute approximate surface area is 259 Å². The first-order valence-corrected chi connectivity index (χ1v) is 15.1. The van der Waals surface area contributed by atoms with Crippen molar-refractivity contribution < 1.29 is 23.9 Å². The standard InChI is InChI=1S/C32H34ClIN2O5/c1-31(2)12-21-28(23(37)14-31)27(29-22(35-21)13-32(3,4)15-24(29)38)17-10-19(34)30(25(11-17)40-5)41-16-26(39)36-20-9-7-6-8-18(20)33/h6-11,27,35H,12-16H2,1-5H3,(H,36,39). The van der Waals surface area contributed by atoms with Crippen molar-refractivity contribution in [2.75, 3.05) is 19.0 Å². The Balaban J connectivity index is 1.51. The van der Waals surface area contributed by atoms with E-state index >= 15 is 0 Å². The van der Waals surface area contributed by atoms with Crippen LogP contribution in [0.1, 0.15) is 64.9 Å². The maximum atomic E-state index is 13.7. The molecule has 0 radical (unpaired) electrons. The van der Waals surface area contributed by atoms with E-state index in [9.17, 15) is 14.4 Å². The van der Waals surface area contributed by atoms with Gasteiger partial charge in [0, 0.05) is 41.3 Å². The second-order valence-corrected chi connectivity index (χ2v) is 14.1. The molecule has 0 saturated carbocycles. The highest BCUT2D eigenvalue weighted by atomic mass is 127. The number of amides is 1. The lowest BCUT2D eigenvalue weighted by Crippen LogP contribution is -2.42. The molecule has 0 unspecified atom stereocenters. The summed E-state index contributed by atoms with van der Waals surface area (Å²) in [5.41, 5.74) is 4.10. The third-order valence-electron chi connectivity index (χ3n) is 7.80. The van der Waals surface area contributed by atoms with Gasteiger partial charge in [0.25, 0.3) is 5.91 Å². The molecule has 3 aliphatic rings. The molecule has 0 atom stereocenters. The van der Waals surface area contributed by atoms with Gasteiger partial charge in [0.05, 0.1) is 21.4 Å². The molecule has 0 spiro atoms. The Kier molecular flexibility index (Phi) is 8.02. The van der Waals surface area contributed by atoms with Gasteiger partial charge in [-0.25, -0.2) is 0 Å². The van der Waals surface area contributed by atoms with Crippen molar-refractivity contribution in [1.29, 1.82) is 0 Å². The normalized spacial score (nSPS) is 19.8. The van der Waals surface area contributed by atoms with E-state index in [0.717, 1.165) is 29.8 Å². The van der Waals surface area contributed by atoms with Gasteiger partial charge < -0.3 is 20.1 Å². The van der Waals surface area contributed by atoms with Crippen LogP contribution in [0.15, 0.2) is 58.9 Å². The van der Waals surface area contributed by atoms with Gasteiger partial charge in [-0.3, -0.25) is 14.4 Å². The topological polar surface area (TPSA) is 93.7 Å². The number of benzene rings is 2. The number of dihydropyridines is 1. The average Bonchev–Trinajstić information content (AvgIpc) is 2.86. The van der Waals surface area contributed by atoms with Crippen LogP contribution in [0.4, 0.5) is 5.69 Å². The predicted molar refractivity (Wildman–Crippen MR) is 167 cm³/mol. The quantitative estimate of drug-likeness (QED) is 0.320. The number of carbonyl (C=O) groups is 3. The van der Waals surface area contributed by atoms with Crippen LogP contribution >= 0.6 is 34.2 Å². The van der Waals surface area contributed by atoms with Crippen molar-refractivity contribution in [3.8, 4) is 11.5 Å². The lowest BCUT2D eigenvalue weighted by molar-refractivity contribution is -0.119. The van der Waals surface area contributed by atoms with Crippen LogP contribution in [0, 0.1) is 14.4 Å². The minimum absolute atomic E-state index is 0.0588. The fourth-order valence-electron chi connectivity index (χ4n) is 6.16. The monoisotopic (exact) mass is 688 g/mol. The number of rotatable bonds is 6. The van der Waals surface area contributed by atoms with Crippen LogP contribution < -0.4 is 20.1 Å². The maximum Gasteiger partial charge on any atom is 0.262 e. The molecule has 7 nitrogen and oxygen atoms in total. The second-order valence-electron chi connectivity index (χ2n) is 12.6. The van der Waals surface area contributed by atoms with Gasteiger partial charge in [-0.15, -0.1) is 0 Å². The minimum Gasteiger partial charge on any atom is -0.493 e. The molecule has 0 aromatic heterocycles. The number of carbonyl (C=O) groups excluding carboxylic acids is 3. The van der Waals surface area contributed by atoms with Crippen molar-refractivity contribution in [2.24, 2.45) is 10.8 Å². The number of ketones is 2. The Morgan fingerprint density at radius 1 is 1.00 bits per heavy atom. The van der Waals surface area contributed by atoms with Gasteiger partial charge in [0.15, 0.2) is 29.7 Å².